The minimum atomic E-state index is -3.70. The van der Waals surface area contributed by atoms with Gasteiger partial charge in [0.1, 0.15) is 10.6 Å². The first-order valence-corrected chi connectivity index (χ1v) is 14.5. The molecule has 0 bridgehead atoms. The van der Waals surface area contributed by atoms with Crippen LogP contribution in [0, 0.1) is 5.92 Å². The molecule has 1 unspecified atom stereocenters. The van der Waals surface area contributed by atoms with E-state index in [0.29, 0.717) is 31.5 Å². The van der Waals surface area contributed by atoms with Gasteiger partial charge in [-0.15, -0.1) is 0 Å². The molecule has 1 aliphatic heterocycles. The quantitative estimate of drug-likeness (QED) is 0.520. The molecule has 29 heavy (non-hydrogen) atoms. The van der Waals surface area contributed by atoms with Crippen molar-refractivity contribution in [3.8, 4) is 5.75 Å². The van der Waals surface area contributed by atoms with E-state index in [1.165, 1.54) is 29.6 Å². The fraction of sp³-hybridized carbons (Fsp3) is 0.647. The number of hydrogen-bond donors (Lipinski definition) is 0. The predicted octanol–water partition coefficient (Wildman–Crippen LogP) is 1.18. The van der Waals surface area contributed by atoms with Crippen molar-refractivity contribution in [2.24, 2.45) is 5.92 Å². The molecule has 0 aromatic heterocycles. The highest BCUT2D eigenvalue weighted by atomic mass is 32.2. The van der Waals surface area contributed by atoms with Crippen LogP contribution in [0.1, 0.15) is 31.4 Å². The van der Waals surface area contributed by atoms with Crippen molar-refractivity contribution in [1.29, 1.82) is 0 Å². The Morgan fingerprint density at radius 3 is 2.10 bits per heavy atom. The molecule has 0 amide bonds. The molecule has 0 radical (unpaired) electrons. The lowest BCUT2D eigenvalue weighted by atomic mass is 9.99. The van der Waals surface area contributed by atoms with Gasteiger partial charge >= 0.3 is 0 Å². The van der Waals surface area contributed by atoms with Gasteiger partial charge in [0.05, 0.1) is 25.2 Å². The molecule has 166 valence electrons. The highest BCUT2D eigenvalue weighted by Gasteiger charge is 2.26. The molecule has 1 aromatic carbocycles. The molecule has 0 saturated carbocycles. The molecular weight excluding hydrogens is 442 g/mol. The van der Waals surface area contributed by atoms with Crippen LogP contribution in [-0.2, 0) is 34.2 Å². The van der Waals surface area contributed by atoms with Gasteiger partial charge in [0.2, 0.25) is 10.0 Å². The summed E-state index contributed by atoms with van der Waals surface area (Å²) in [6.07, 6.45) is 3.55. The maximum Gasteiger partial charge on any atom is 0.264 e. The zero-order valence-corrected chi connectivity index (χ0v) is 19.3. The summed E-state index contributed by atoms with van der Waals surface area (Å²) in [5, 5.41) is 0. The second-order valence-electron chi connectivity index (χ2n) is 7.34. The zero-order valence-electron chi connectivity index (χ0n) is 16.9. The molecule has 1 atom stereocenters. The van der Waals surface area contributed by atoms with Crippen LogP contribution in [0.2, 0.25) is 0 Å². The Morgan fingerprint density at radius 2 is 1.62 bits per heavy atom. The van der Waals surface area contributed by atoms with Crippen molar-refractivity contribution in [2.45, 2.75) is 30.8 Å². The van der Waals surface area contributed by atoms with Gasteiger partial charge in [0.15, 0.2) is 9.84 Å². The van der Waals surface area contributed by atoms with Gasteiger partial charge in [-0.1, -0.05) is 6.07 Å². The van der Waals surface area contributed by atoms with E-state index in [1.54, 1.807) is 6.07 Å². The molecular formula is C17H27NO8S3. The Bertz CT molecular complexity index is 1040. The van der Waals surface area contributed by atoms with Crippen molar-refractivity contribution in [1.82, 2.24) is 4.31 Å². The average molecular weight is 470 g/mol. The van der Waals surface area contributed by atoms with Crippen molar-refractivity contribution < 1.29 is 34.2 Å². The first kappa shape index (κ1) is 24.1. The van der Waals surface area contributed by atoms with E-state index in [1.807, 2.05) is 0 Å². The predicted molar refractivity (Wildman–Crippen MR) is 109 cm³/mol. The van der Waals surface area contributed by atoms with Gasteiger partial charge in [-0.3, -0.25) is 4.18 Å². The number of sulfonamides is 1. The minimum absolute atomic E-state index is 0.0486. The number of piperidine rings is 1. The molecule has 9 nitrogen and oxygen atoms in total. The number of benzene rings is 1. The van der Waals surface area contributed by atoms with E-state index in [9.17, 15) is 25.3 Å². The summed E-state index contributed by atoms with van der Waals surface area (Å²) in [7, 11) is -10.5. The van der Waals surface area contributed by atoms with Crippen molar-refractivity contribution in [3.63, 3.8) is 0 Å². The monoisotopic (exact) mass is 469 g/mol. The molecule has 1 heterocycles. The van der Waals surface area contributed by atoms with Crippen LogP contribution in [0.3, 0.4) is 0 Å². The maximum absolute atomic E-state index is 12.2. The third-order valence-corrected chi connectivity index (χ3v) is 7.73. The van der Waals surface area contributed by atoms with Crippen molar-refractivity contribution >= 4 is 30.0 Å². The summed E-state index contributed by atoms with van der Waals surface area (Å²) < 4.78 is 82.3. The standard InChI is InChI=1S/C17H27NO8S3/c1-13(26-29(4,23)24)15-5-6-16(17(11-15)27(2,19)20)25-12-14-7-9-18(10-8-14)28(3,21)22/h5-6,11,13-14H,7-10,12H2,1-4H3. The summed E-state index contributed by atoms with van der Waals surface area (Å²) in [5.74, 6) is 0.279. The van der Waals surface area contributed by atoms with E-state index < -0.39 is 36.1 Å². The van der Waals surface area contributed by atoms with Crippen molar-refractivity contribution in [3.05, 3.63) is 23.8 Å². The Kier molecular flexibility index (Phi) is 7.37. The number of ether oxygens (including phenoxy) is 1. The summed E-state index contributed by atoms with van der Waals surface area (Å²) in [6.45, 7) is 2.59. The van der Waals surface area contributed by atoms with E-state index in [4.69, 9.17) is 8.92 Å². The molecule has 12 heteroatoms. The fourth-order valence-corrected chi connectivity index (χ4v) is 5.47. The highest BCUT2D eigenvalue weighted by molar-refractivity contribution is 7.90. The SMILES string of the molecule is CC(OS(C)(=O)=O)c1ccc(OCC2CCN(S(C)(=O)=O)CC2)c(S(C)(=O)=O)c1. The van der Waals surface area contributed by atoms with Gasteiger partial charge in [-0.25, -0.2) is 21.1 Å². The molecule has 1 fully saturated rings. The lowest BCUT2D eigenvalue weighted by molar-refractivity contribution is 0.182. The Labute approximate surface area is 173 Å². The Morgan fingerprint density at radius 1 is 1.03 bits per heavy atom. The van der Waals surface area contributed by atoms with Crippen LogP contribution >= 0.6 is 0 Å². The van der Waals surface area contributed by atoms with Gasteiger partial charge in [-0.2, -0.15) is 8.42 Å². The number of hydrogen-bond acceptors (Lipinski definition) is 8. The topological polar surface area (TPSA) is 124 Å². The van der Waals surface area contributed by atoms with Crippen LogP contribution in [0.5, 0.6) is 5.75 Å². The first-order chi connectivity index (χ1) is 13.2. The fourth-order valence-electron chi connectivity index (χ4n) is 3.12. The molecule has 1 aliphatic rings. The lowest BCUT2D eigenvalue weighted by Gasteiger charge is -2.30. The van der Waals surface area contributed by atoms with Crippen LogP contribution in [0.15, 0.2) is 23.1 Å². The third kappa shape index (κ3) is 7.21. The summed E-state index contributed by atoms with van der Waals surface area (Å²) in [5.41, 5.74) is 0.393. The van der Waals surface area contributed by atoms with Crippen molar-refractivity contribution in [2.75, 3.05) is 38.5 Å². The molecule has 1 saturated heterocycles. The van der Waals surface area contributed by atoms with Crippen LogP contribution in [0.4, 0.5) is 0 Å². The molecule has 2 rings (SSSR count). The van der Waals surface area contributed by atoms with Crippen LogP contribution in [-0.4, -0.2) is 68.0 Å². The first-order valence-electron chi connectivity index (χ1n) is 8.97. The Hall–Kier alpha value is -1.21. The number of nitrogens with zero attached hydrogens (tertiary/aromatic N) is 1. The van der Waals surface area contributed by atoms with Crippen LogP contribution < -0.4 is 4.74 Å². The summed E-state index contributed by atoms with van der Waals surface area (Å²) >= 11 is 0. The second-order valence-corrected chi connectivity index (χ2v) is 12.9. The second kappa shape index (κ2) is 8.88. The molecule has 1 aromatic rings. The average Bonchev–Trinajstić information content (AvgIpc) is 2.57. The minimum Gasteiger partial charge on any atom is -0.492 e. The van der Waals surface area contributed by atoms with Crippen LogP contribution in [0.25, 0.3) is 0 Å². The zero-order chi connectivity index (χ0) is 22.0. The highest BCUT2D eigenvalue weighted by Crippen LogP contribution is 2.30. The number of sulfone groups is 1. The summed E-state index contributed by atoms with van der Waals surface area (Å²) in [4.78, 5) is -0.0486. The normalized spacial score (nSPS) is 18.5. The summed E-state index contributed by atoms with van der Waals surface area (Å²) in [6, 6.07) is 4.40. The van der Waals surface area contributed by atoms with E-state index in [-0.39, 0.29) is 23.2 Å². The molecule has 0 aliphatic carbocycles. The third-order valence-electron chi connectivity index (χ3n) is 4.67. The van der Waals surface area contributed by atoms with Gasteiger partial charge in [0, 0.05) is 19.3 Å². The largest absolute Gasteiger partial charge is 0.492 e. The molecule has 0 N–H and O–H groups in total. The molecule has 0 spiro atoms. The van der Waals surface area contributed by atoms with Gasteiger partial charge in [-0.05, 0) is 43.4 Å². The van der Waals surface area contributed by atoms with Gasteiger partial charge < -0.3 is 4.74 Å². The van der Waals surface area contributed by atoms with E-state index in [0.717, 1.165) is 12.5 Å². The lowest BCUT2D eigenvalue weighted by Crippen LogP contribution is -2.39. The van der Waals surface area contributed by atoms with E-state index >= 15 is 0 Å². The van der Waals surface area contributed by atoms with E-state index in [2.05, 4.69) is 0 Å². The number of rotatable bonds is 8. The van der Waals surface area contributed by atoms with Gasteiger partial charge in [0.25, 0.3) is 10.1 Å². The maximum atomic E-state index is 12.2. The smallest absolute Gasteiger partial charge is 0.264 e. The Balaban J connectivity index is 2.13.